The number of aromatic nitrogens is 2. The first-order chi connectivity index (χ1) is 7.72. The molecule has 1 unspecified atom stereocenters. The summed E-state index contributed by atoms with van der Waals surface area (Å²) in [5.41, 5.74) is 0.893. The summed E-state index contributed by atoms with van der Waals surface area (Å²) in [6, 6.07) is 3.63. The molecule has 0 aliphatic carbocycles. The molecule has 86 valence electrons. The number of aryl methyl sites for hydroxylation is 1. The molecule has 0 aliphatic rings. The molecule has 0 fully saturated rings. The molecule has 2 heterocycles. The molecule has 0 bridgehead atoms. The number of thiophene rings is 1. The predicted molar refractivity (Wildman–Crippen MR) is 67.3 cm³/mol. The molecule has 0 radical (unpaired) electrons. The van der Waals surface area contributed by atoms with Crippen LogP contribution in [0.4, 0.5) is 0 Å². The van der Waals surface area contributed by atoms with E-state index in [-0.39, 0.29) is 0 Å². The highest BCUT2D eigenvalue weighted by Crippen LogP contribution is 2.33. The summed E-state index contributed by atoms with van der Waals surface area (Å²) in [6.45, 7) is 2.08. The van der Waals surface area contributed by atoms with Gasteiger partial charge in [0.1, 0.15) is 6.10 Å². The van der Waals surface area contributed by atoms with Crippen LogP contribution < -0.4 is 0 Å². The maximum absolute atomic E-state index is 10.2. The fraction of sp³-hybridized carbons (Fsp3) is 0.400. The Kier molecular flexibility index (Phi) is 3.91. The second-order valence-corrected chi connectivity index (χ2v) is 5.91. The van der Waals surface area contributed by atoms with Gasteiger partial charge in [0.05, 0.1) is 14.9 Å². The minimum Gasteiger partial charge on any atom is -0.382 e. The van der Waals surface area contributed by atoms with Crippen molar-refractivity contribution < 1.29 is 5.11 Å². The van der Waals surface area contributed by atoms with Gasteiger partial charge in [-0.3, -0.25) is 0 Å². The van der Waals surface area contributed by atoms with Crippen LogP contribution in [0.5, 0.6) is 0 Å². The lowest BCUT2D eigenvalue weighted by molar-refractivity contribution is 0.226. The van der Waals surface area contributed by atoms with E-state index < -0.39 is 6.10 Å². The summed E-state index contributed by atoms with van der Waals surface area (Å²) in [5, 5.41) is 14.2. The molecule has 2 rings (SSSR count). The molecule has 1 N–H and O–H groups in total. The van der Waals surface area contributed by atoms with Crippen molar-refractivity contribution in [1.29, 1.82) is 0 Å². The Hall–Kier alpha value is -0.490. The highest BCUT2D eigenvalue weighted by atomic mass is 35.5. The maximum atomic E-state index is 10.2. The molecule has 1 atom stereocenters. The summed E-state index contributed by atoms with van der Waals surface area (Å²) in [4.78, 5) is 1.67. The topological polar surface area (TPSA) is 46.0 Å². The van der Waals surface area contributed by atoms with Crippen LogP contribution in [-0.2, 0) is 6.42 Å². The number of halogens is 1. The number of aliphatic hydroxyl groups is 1. The first-order valence-electron chi connectivity index (χ1n) is 4.96. The van der Waals surface area contributed by atoms with Crippen LogP contribution in [0.3, 0.4) is 0 Å². The van der Waals surface area contributed by atoms with Gasteiger partial charge < -0.3 is 5.11 Å². The molecule has 0 spiro atoms. The van der Waals surface area contributed by atoms with Crippen LogP contribution in [0.15, 0.2) is 12.1 Å². The summed E-state index contributed by atoms with van der Waals surface area (Å²) in [6.07, 6.45) is 1.21. The lowest BCUT2D eigenvalue weighted by Crippen LogP contribution is -1.99. The molecular weight excluding hydrogens is 264 g/mol. The first-order valence-corrected chi connectivity index (χ1v) is 6.93. The molecule has 0 aromatic carbocycles. The minimum absolute atomic E-state index is 0.640. The van der Waals surface area contributed by atoms with Crippen LogP contribution in [0, 0.1) is 0 Å². The Bertz CT molecular complexity index is 469. The lowest BCUT2D eigenvalue weighted by Gasteiger charge is -2.06. The molecule has 16 heavy (non-hydrogen) atoms. The number of aliphatic hydroxyl groups excluding tert-OH is 1. The van der Waals surface area contributed by atoms with E-state index in [1.54, 1.807) is 6.07 Å². The van der Waals surface area contributed by atoms with Gasteiger partial charge in [0.15, 0.2) is 0 Å². The van der Waals surface area contributed by atoms with Crippen molar-refractivity contribution in [2.75, 3.05) is 0 Å². The van der Waals surface area contributed by atoms with Gasteiger partial charge in [-0.25, -0.2) is 0 Å². The second kappa shape index (κ2) is 5.23. The minimum atomic E-state index is -0.640. The third-order valence-corrected chi connectivity index (χ3v) is 4.29. The van der Waals surface area contributed by atoms with E-state index in [9.17, 15) is 5.11 Å². The zero-order chi connectivity index (χ0) is 11.5. The molecule has 6 heteroatoms. The summed E-state index contributed by atoms with van der Waals surface area (Å²) >= 11 is 8.49. The van der Waals surface area contributed by atoms with Crippen LogP contribution in [0.25, 0.3) is 0 Å². The zero-order valence-corrected chi connectivity index (χ0v) is 11.1. The van der Waals surface area contributed by atoms with Crippen molar-refractivity contribution in [1.82, 2.24) is 9.59 Å². The molecule has 3 nitrogen and oxygen atoms in total. The number of hydrogen-bond donors (Lipinski definition) is 1. The van der Waals surface area contributed by atoms with Gasteiger partial charge in [-0.05, 0) is 30.1 Å². The van der Waals surface area contributed by atoms with Crippen LogP contribution in [-0.4, -0.2) is 14.7 Å². The average molecular weight is 275 g/mol. The van der Waals surface area contributed by atoms with E-state index >= 15 is 0 Å². The van der Waals surface area contributed by atoms with Crippen molar-refractivity contribution in [3.63, 3.8) is 0 Å². The Morgan fingerprint density at radius 1 is 1.50 bits per heavy atom. The van der Waals surface area contributed by atoms with Gasteiger partial charge in [0, 0.05) is 4.88 Å². The third kappa shape index (κ3) is 2.43. The predicted octanol–water partition coefficient (Wildman–Crippen LogP) is 3.29. The average Bonchev–Trinajstić information content (AvgIpc) is 2.87. The van der Waals surface area contributed by atoms with Gasteiger partial charge in [0.25, 0.3) is 0 Å². The van der Waals surface area contributed by atoms with E-state index in [1.165, 1.54) is 22.9 Å². The van der Waals surface area contributed by atoms with E-state index in [2.05, 4.69) is 16.5 Å². The smallest absolute Gasteiger partial charge is 0.126 e. The SMILES string of the molecule is CCCc1nnsc1C(O)c1ccc(Cl)s1. The highest BCUT2D eigenvalue weighted by molar-refractivity contribution is 7.16. The molecule has 0 amide bonds. The van der Waals surface area contributed by atoms with Gasteiger partial charge in [-0.15, -0.1) is 16.4 Å². The van der Waals surface area contributed by atoms with Crippen molar-refractivity contribution in [2.24, 2.45) is 0 Å². The van der Waals surface area contributed by atoms with Crippen LogP contribution in [0.1, 0.15) is 34.9 Å². The first kappa shape index (κ1) is 12.0. The fourth-order valence-corrected chi connectivity index (χ4v) is 3.27. The summed E-state index contributed by atoms with van der Waals surface area (Å²) < 4.78 is 4.58. The molecule has 2 aromatic rings. The standard InChI is InChI=1S/C10H11ClN2OS2/c1-2-3-6-10(16-13-12-6)9(14)7-4-5-8(11)15-7/h4-5,9,14H,2-3H2,1H3. The second-order valence-electron chi connectivity index (χ2n) is 3.38. The fourth-order valence-electron chi connectivity index (χ4n) is 1.44. The quantitative estimate of drug-likeness (QED) is 0.931. The van der Waals surface area contributed by atoms with Gasteiger partial charge >= 0.3 is 0 Å². The monoisotopic (exact) mass is 274 g/mol. The summed E-state index contributed by atoms with van der Waals surface area (Å²) in [5.74, 6) is 0. The normalized spacial score (nSPS) is 12.9. The van der Waals surface area contributed by atoms with Crippen molar-refractivity contribution in [3.05, 3.63) is 31.9 Å². The van der Waals surface area contributed by atoms with Crippen LogP contribution in [0.2, 0.25) is 4.34 Å². The van der Waals surface area contributed by atoms with Crippen molar-refractivity contribution >= 4 is 34.5 Å². The van der Waals surface area contributed by atoms with Gasteiger partial charge in [-0.2, -0.15) is 0 Å². The molecule has 0 saturated heterocycles. The van der Waals surface area contributed by atoms with Gasteiger partial charge in [-0.1, -0.05) is 29.4 Å². The van der Waals surface area contributed by atoms with Crippen molar-refractivity contribution in [3.8, 4) is 0 Å². The Labute approximate surface area is 107 Å². The third-order valence-electron chi connectivity index (χ3n) is 2.18. The van der Waals surface area contributed by atoms with E-state index in [4.69, 9.17) is 11.6 Å². The van der Waals surface area contributed by atoms with E-state index in [0.29, 0.717) is 4.34 Å². The number of hydrogen-bond acceptors (Lipinski definition) is 5. The molecule has 2 aromatic heterocycles. The van der Waals surface area contributed by atoms with E-state index in [0.717, 1.165) is 28.3 Å². The largest absolute Gasteiger partial charge is 0.382 e. The molecular formula is C10H11ClN2OS2. The number of nitrogens with zero attached hydrogens (tertiary/aromatic N) is 2. The van der Waals surface area contributed by atoms with E-state index in [1.807, 2.05) is 6.07 Å². The Morgan fingerprint density at radius 3 is 2.94 bits per heavy atom. The zero-order valence-electron chi connectivity index (χ0n) is 8.68. The number of rotatable bonds is 4. The van der Waals surface area contributed by atoms with Crippen molar-refractivity contribution in [2.45, 2.75) is 25.9 Å². The summed E-state index contributed by atoms with van der Waals surface area (Å²) in [7, 11) is 0. The Morgan fingerprint density at radius 2 is 2.31 bits per heavy atom. The lowest BCUT2D eigenvalue weighted by atomic mass is 10.1. The van der Waals surface area contributed by atoms with Crippen LogP contribution >= 0.6 is 34.5 Å². The van der Waals surface area contributed by atoms with Gasteiger partial charge in [0.2, 0.25) is 0 Å². The Balaban J connectivity index is 2.26. The maximum Gasteiger partial charge on any atom is 0.126 e. The molecule has 0 saturated carbocycles. The molecule has 0 aliphatic heterocycles. The highest BCUT2D eigenvalue weighted by Gasteiger charge is 2.19.